The number of carbonyl (C=O) groups excluding carboxylic acids is 1. The zero-order valence-electron chi connectivity index (χ0n) is 8.44. The molecule has 14 heavy (non-hydrogen) atoms. The fourth-order valence-electron chi connectivity index (χ4n) is 1.65. The maximum Gasteiger partial charge on any atom is 0.150 e. The summed E-state index contributed by atoms with van der Waals surface area (Å²) in [6.45, 7) is 5.86. The quantitative estimate of drug-likeness (QED) is 0.532. The van der Waals surface area contributed by atoms with Gasteiger partial charge in [-0.25, -0.2) is 0 Å². The zero-order valence-corrected chi connectivity index (χ0v) is 8.44. The van der Waals surface area contributed by atoms with Crippen molar-refractivity contribution in [2.45, 2.75) is 12.8 Å². The molecule has 1 aromatic carbocycles. The van der Waals surface area contributed by atoms with Gasteiger partial charge in [0.25, 0.3) is 0 Å². The molecule has 0 radical (unpaired) electrons. The molecule has 1 heterocycles. The smallest absolute Gasteiger partial charge is 0.150 e. The van der Waals surface area contributed by atoms with Crippen molar-refractivity contribution in [3.8, 4) is 0 Å². The van der Waals surface area contributed by atoms with E-state index in [4.69, 9.17) is 0 Å². The molecular formula is C12H15NO. The summed E-state index contributed by atoms with van der Waals surface area (Å²) >= 11 is 0. The molecule has 1 unspecified atom stereocenters. The zero-order chi connectivity index (χ0) is 9.97. The molecule has 2 heteroatoms. The van der Waals surface area contributed by atoms with Gasteiger partial charge in [-0.05, 0) is 11.5 Å². The summed E-state index contributed by atoms with van der Waals surface area (Å²) in [7, 11) is 0. The monoisotopic (exact) mass is 189 g/mol. The minimum absolute atomic E-state index is 0.568. The predicted octanol–water partition coefficient (Wildman–Crippen LogP) is 1.92. The second-order valence-electron chi connectivity index (χ2n) is 3.99. The van der Waals surface area contributed by atoms with Crippen LogP contribution >= 0.6 is 0 Å². The Kier molecular flexibility index (Phi) is 2.64. The molecule has 0 aromatic heterocycles. The van der Waals surface area contributed by atoms with Gasteiger partial charge in [0.2, 0.25) is 0 Å². The average Bonchev–Trinajstić information content (AvgIpc) is 3.02. The van der Waals surface area contributed by atoms with E-state index in [2.05, 4.69) is 24.0 Å². The van der Waals surface area contributed by atoms with Gasteiger partial charge < -0.3 is 4.90 Å². The highest BCUT2D eigenvalue weighted by atomic mass is 16.1. The van der Waals surface area contributed by atoms with E-state index in [1.807, 2.05) is 12.1 Å². The van der Waals surface area contributed by atoms with Crippen LogP contribution in [0.5, 0.6) is 0 Å². The first-order valence-electron chi connectivity index (χ1n) is 5.07. The lowest BCUT2D eigenvalue weighted by Crippen LogP contribution is -2.08. The normalized spacial score (nSPS) is 17.8. The van der Waals surface area contributed by atoms with Gasteiger partial charge in [-0.15, -0.1) is 0 Å². The SMILES string of the molecule is CC(CN1CC1)c1ccc(C=O)cc1. The number of carbonyl (C=O) groups is 1. The van der Waals surface area contributed by atoms with Gasteiger partial charge in [0, 0.05) is 25.2 Å². The first kappa shape index (κ1) is 9.41. The molecule has 1 atom stereocenters. The predicted molar refractivity (Wildman–Crippen MR) is 56.7 cm³/mol. The summed E-state index contributed by atoms with van der Waals surface area (Å²) in [5.41, 5.74) is 2.08. The summed E-state index contributed by atoms with van der Waals surface area (Å²) < 4.78 is 0. The second kappa shape index (κ2) is 3.93. The van der Waals surface area contributed by atoms with Crippen molar-refractivity contribution >= 4 is 6.29 Å². The highest BCUT2D eigenvalue weighted by Gasteiger charge is 2.20. The lowest BCUT2D eigenvalue weighted by Gasteiger charge is -2.11. The summed E-state index contributed by atoms with van der Waals surface area (Å²) in [6.07, 6.45) is 0.888. The number of rotatable bonds is 4. The lowest BCUT2D eigenvalue weighted by molar-refractivity contribution is 0.112. The molecule has 0 bridgehead atoms. The minimum atomic E-state index is 0.568. The van der Waals surface area contributed by atoms with Crippen LogP contribution in [0.3, 0.4) is 0 Å². The summed E-state index contributed by atoms with van der Waals surface area (Å²) in [4.78, 5) is 12.9. The molecule has 1 aliphatic rings. The summed E-state index contributed by atoms with van der Waals surface area (Å²) in [5, 5.41) is 0. The van der Waals surface area contributed by atoms with Crippen LogP contribution in [0.1, 0.15) is 28.8 Å². The fraction of sp³-hybridized carbons (Fsp3) is 0.417. The van der Waals surface area contributed by atoms with Crippen molar-refractivity contribution in [1.82, 2.24) is 4.90 Å². The van der Waals surface area contributed by atoms with E-state index in [0.29, 0.717) is 5.92 Å². The molecule has 1 aliphatic heterocycles. The third kappa shape index (κ3) is 2.20. The Balaban J connectivity index is 2.02. The van der Waals surface area contributed by atoms with E-state index in [1.165, 1.54) is 18.7 Å². The number of benzene rings is 1. The van der Waals surface area contributed by atoms with Crippen molar-refractivity contribution in [1.29, 1.82) is 0 Å². The van der Waals surface area contributed by atoms with Crippen LogP contribution in [0.4, 0.5) is 0 Å². The van der Waals surface area contributed by atoms with Crippen LogP contribution < -0.4 is 0 Å². The maximum absolute atomic E-state index is 10.5. The maximum atomic E-state index is 10.5. The van der Waals surface area contributed by atoms with Crippen LogP contribution in [0.25, 0.3) is 0 Å². The largest absolute Gasteiger partial charge is 0.300 e. The van der Waals surface area contributed by atoms with E-state index in [9.17, 15) is 4.79 Å². The third-order valence-electron chi connectivity index (χ3n) is 2.71. The topological polar surface area (TPSA) is 20.1 Å². The lowest BCUT2D eigenvalue weighted by atomic mass is 10.00. The fourth-order valence-corrected chi connectivity index (χ4v) is 1.65. The van der Waals surface area contributed by atoms with Gasteiger partial charge >= 0.3 is 0 Å². The first-order valence-corrected chi connectivity index (χ1v) is 5.07. The van der Waals surface area contributed by atoms with E-state index >= 15 is 0 Å². The van der Waals surface area contributed by atoms with E-state index < -0.39 is 0 Å². The molecule has 2 nitrogen and oxygen atoms in total. The first-order chi connectivity index (χ1) is 6.79. The van der Waals surface area contributed by atoms with E-state index in [-0.39, 0.29) is 0 Å². The van der Waals surface area contributed by atoms with Crippen molar-refractivity contribution in [2.75, 3.05) is 19.6 Å². The van der Waals surface area contributed by atoms with Crippen LogP contribution in [0, 0.1) is 0 Å². The molecule has 0 aliphatic carbocycles. The Labute approximate surface area is 84.5 Å². The van der Waals surface area contributed by atoms with Gasteiger partial charge in [-0.1, -0.05) is 31.2 Å². The Morgan fingerprint density at radius 2 is 2.00 bits per heavy atom. The summed E-state index contributed by atoms with van der Waals surface area (Å²) in [5.74, 6) is 0.568. The van der Waals surface area contributed by atoms with Crippen molar-refractivity contribution in [2.24, 2.45) is 0 Å². The average molecular weight is 189 g/mol. The number of aldehydes is 1. The highest BCUT2D eigenvalue weighted by Crippen LogP contribution is 2.19. The van der Waals surface area contributed by atoms with Crippen LogP contribution in [-0.2, 0) is 0 Å². The highest BCUT2D eigenvalue weighted by molar-refractivity contribution is 5.74. The van der Waals surface area contributed by atoms with Crippen LogP contribution in [-0.4, -0.2) is 30.8 Å². The molecule has 2 rings (SSSR count). The standard InChI is InChI=1S/C12H15NO/c1-10(8-13-6-7-13)12-4-2-11(9-14)3-5-12/h2-5,9-10H,6-8H2,1H3. The number of hydrogen-bond donors (Lipinski definition) is 0. The van der Waals surface area contributed by atoms with Gasteiger partial charge in [-0.3, -0.25) is 4.79 Å². The Bertz CT molecular complexity index is 314. The second-order valence-corrected chi connectivity index (χ2v) is 3.99. The molecule has 1 aromatic rings. The Morgan fingerprint density at radius 3 is 2.50 bits per heavy atom. The third-order valence-corrected chi connectivity index (χ3v) is 2.71. The summed E-state index contributed by atoms with van der Waals surface area (Å²) in [6, 6.07) is 7.89. The molecule has 0 saturated carbocycles. The van der Waals surface area contributed by atoms with Gasteiger partial charge in [0.05, 0.1) is 0 Å². The molecule has 1 fully saturated rings. The van der Waals surface area contributed by atoms with Gasteiger partial charge in [0.1, 0.15) is 6.29 Å². The molecule has 0 spiro atoms. The van der Waals surface area contributed by atoms with Crippen molar-refractivity contribution in [3.63, 3.8) is 0 Å². The Morgan fingerprint density at radius 1 is 1.36 bits per heavy atom. The molecule has 74 valence electrons. The molecule has 0 amide bonds. The van der Waals surface area contributed by atoms with Crippen molar-refractivity contribution < 1.29 is 4.79 Å². The molecule has 0 N–H and O–H groups in total. The van der Waals surface area contributed by atoms with Crippen molar-refractivity contribution in [3.05, 3.63) is 35.4 Å². The van der Waals surface area contributed by atoms with E-state index in [0.717, 1.165) is 18.4 Å². The minimum Gasteiger partial charge on any atom is -0.300 e. The van der Waals surface area contributed by atoms with Crippen LogP contribution in [0.2, 0.25) is 0 Å². The van der Waals surface area contributed by atoms with Crippen LogP contribution in [0.15, 0.2) is 24.3 Å². The number of hydrogen-bond acceptors (Lipinski definition) is 2. The molecule has 1 saturated heterocycles. The Hall–Kier alpha value is -1.15. The van der Waals surface area contributed by atoms with Gasteiger partial charge in [-0.2, -0.15) is 0 Å². The van der Waals surface area contributed by atoms with E-state index in [1.54, 1.807) is 0 Å². The van der Waals surface area contributed by atoms with Gasteiger partial charge in [0.15, 0.2) is 0 Å². The molecular weight excluding hydrogens is 174 g/mol. The number of nitrogens with zero attached hydrogens (tertiary/aromatic N) is 1.